The van der Waals surface area contributed by atoms with Crippen LogP contribution in [0.3, 0.4) is 0 Å². The Labute approximate surface area is 125 Å². The van der Waals surface area contributed by atoms with Gasteiger partial charge in [-0.25, -0.2) is 0 Å². The third-order valence-electron chi connectivity index (χ3n) is 3.40. The quantitative estimate of drug-likeness (QED) is 0.626. The lowest BCUT2D eigenvalue weighted by Gasteiger charge is -2.17. The standard InChI is InChI=1S/C18H20O3/c1-12-10-13(2)17(21-15(4)19)18(14(12)3)20-11-16-8-6-5-7-9-16/h5-10H,11H2,1-4H3. The van der Waals surface area contributed by atoms with E-state index in [0.29, 0.717) is 18.1 Å². The summed E-state index contributed by atoms with van der Waals surface area (Å²) in [6, 6.07) is 11.9. The third-order valence-corrected chi connectivity index (χ3v) is 3.40. The first kappa shape index (κ1) is 15.1. The molecule has 0 fully saturated rings. The lowest BCUT2D eigenvalue weighted by molar-refractivity contribution is -0.132. The molecule has 0 aliphatic rings. The Hall–Kier alpha value is -2.29. The molecule has 0 radical (unpaired) electrons. The molecule has 3 nitrogen and oxygen atoms in total. The smallest absolute Gasteiger partial charge is 0.308 e. The molecule has 0 aliphatic heterocycles. The molecule has 0 aromatic heterocycles. The van der Waals surface area contributed by atoms with Gasteiger partial charge in [-0.1, -0.05) is 36.4 Å². The number of benzene rings is 2. The number of carbonyl (C=O) groups excluding carboxylic acids is 1. The highest BCUT2D eigenvalue weighted by atomic mass is 16.6. The van der Waals surface area contributed by atoms with Crippen molar-refractivity contribution in [3.8, 4) is 11.5 Å². The van der Waals surface area contributed by atoms with Crippen molar-refractivity contribution in [3.05, 3.63) is 58.7 Å². The summed E-state index contributed by atoms with van der Waals surface area (Å²) in [5, 5.41) is 0. The molecule has 2 aromatic rings. The van der Waals surface area contributed by atoms with Gasteiger partial charge in [-0.2, -0.15) is 0 Å². The van der Waals surface area contributed by atoms with E-state index >= 15 is 0 Å². The molecule has 0 aliphatic carbocycles. The van der Waals surface area contributed by atoms with E-state index in [0.717, 1.165) is 22.3 Å². The van der Waals surface area contributed by atoms with Crippen molar-refractivity contribution in [1.82, 2.24) is 0 Å². The van der Waals surface area contributed by atoms with Crippen LogP contribution in [-0.2, 0) is 11.4 Å². The van der Waals surface area contributed by atoms with E-state index in [9.17, 15) is 4.79 Å². The average molecular weight is 284 g/mol. The minimum atomic E-state index is -0.342. The first-order chi connectivity index (χ1) is 9.99. The first-order valence-corrected chi connectivity index (χ1v) is 6.95. The fourth-order valence-electron chi connectivity index (χ4n) is 2.20. The minimum Gasteiger partial charge on any atom is -0.485 e. The summed E-state index contributed by atoms with van der Waals surface area (Å²) in [5.74, 6) is 0.819. The van der Waals surface area contributed by atoms with Crippen LogP contribution >= 0.6 is 0 Å². The molecular weight excluding hydrogens is 264 g/mol. The summed E-state index contributed by atoms with van der Waals surface area (Å²) >= 11 is 0. The topological polar surface area (TPSA) is 35.5 Å². The molecule has 0 saturated heterocycles. The van der Waals surface area contributed by atoms with Gasteiger partial charge in [0, 0.05) is 6.92 Å². The maximum atomic E-state index is 11.3. The Balaban J connectivity index is 2.33. The number of rotatable bonds is 4. The van der Waals surface area contributed by atoms with Crippen LogP contribution in [0.4, 0.5) is 0 Å². The summed E-state index contributed by atoms with van der Waals surface area (Å²) in [7, 11) is 0. The second-order valence-corrected chi connectivity index (χ2v) is 5.16. The monoisotopic (exact) mass is 284 g/mol. The van der Waals surface area contributed by atoms with E-state index in [1.807, 2.05) is 57.2 Å². The highest BCUT2D eigenvalue weighted by molar-refractivity contribution is 5.72. The maximum absolute atomic E-state index is 11.3. The predicted octanol–water partition coefficient (Wildman–Crippen LogP) is 4.12. The van der Waals surface area contributed by atoms with Crippen LogP contribution in [0.15, 0.2) is 36.4 Å². The summed E-state index contributed by atoms with van der Waals surface area (Å²) in [6.45, 7) is 7.76. The van der Waals surface area contributed by atoms with Gasteiger partial charge in [0.1, 0.15) is 6.61 Å². The summed E-state index contributed by atoms with van der Waals surface area (Å²) in [4.78, 5) is 11.3. The maximum Gasteiger partial charge on any atom is 0.308 e. The highest BCUT2D eigenvalue weighted by Crippen LogP contribution is 2.37. The molecule has 3 heteroatoms. The molecule has 0 bridgehead atoms. The zero-order valence-electron chi connectivity index (χ0n) is 12.9. The zero-order valence-corrected chi connectivity index (χ0v) is 12.9. The number of ether oxygens (including phenoxy) is 2. The van der Waals surface area contributed by atoms with Crippen LogP contribution in [0, 0.1) is 20.8 Å². The fourth-order valence-corrected chi connectivity index (χ4v) is 2.20. The molecule has 110 valence electrons. The molecule has 0 unspecified atom stereocenters. The van der Waals surface area contributed by atoms with Crippen LogP contribution < -0.4 is 9.47 Å². The summed E-state index contributed by atoms with van der Waals surface area (Å²) in [6.07, 6.45) is 0. The van der Waals surface area contributed by atoms with Crippen molar-refractivity contribution >= 4 is 5.97 Å². The number of hydrogen-bond acceptors (Lipinski definition) is 3. The van der Waals surface area contributed by atoms with E-state index in [2.05, 4.69) is 0 Å². The second-order valence-electron chi connectivity index (χ2n) is 5.16. The van der Waals surface area contributed by atoms with Crippen molar-refractivity contribution < 1.29 is 14.3 Å². The van der Waals surface area contributed by atoms with Crippen molar-refractivity contribution in [3.63, 3.8) is 0 Å². The Morgan fingerprint density at radius 2 is 1.67 bits per heavy atom. The largest absolute Gasteiger partial charge is 0.485 e. The van der Waals surface area contributed by atoms with Crippen molar-refractivity contribution in [2.75, 3.05) is 0 Å². The molecule has 0 saturated carbocycles. The summed E-state index contributed by atoms with van der Waals surface area (Å²) < 4.78 is 11.3. The van der Waals surface area contributed by atoms with Crippen LogP contribution in [-0.4, -0.2) is 5.97 Å². The molecule has 0 heterocycles. The van der Waals surface area contributed by atoms with Gasteiger partial charge in [0.25, 0.3) is 0 Å². The van der Waals surface area contributed by atoms with Gasteiger partial charge in [-0.3, -0.25) is 4.79 Å². The number of hydrogen-bond donors (Lipinski definition) is 0. The van der Waals surface area contributed by atoms with E-state index < -0.39 is 0 Å². The first-order valence-electron chi connectivity index (χ1n) is 6.95. The lowest BCUT2D eigenvalue weighted by atomic mass is 10.0. The second kappa shape index (κ2) is 6.44. The average Bonchev–Trinajstić information content (AvgIpc) is 2.45. The summed E-state index contributed by atoms with van der Waals surface area (Å²) in [5.41, 5.74) is 4.08. The van der Waals surface area contributed by atoms with E-state index in [1.165, 1.54) is 6.92 Å². The van der Waals surface area contributed by atoms with Gasteiger partial charge in [0.05, 0.1) is 0 Å². The number of aryl methyl sites for hydroxylation is 2. The number of carbonyl (C=O) groups is 1. The van der Waals surface area contributed by atoms with Crippen molar-refractivity contribution in [2.45, 2.75) is 34.3 Å². The van der Waals surface area contributed by atoms with Crippen molar-refractivity contribution in [2.24, 2.45) is 0 Å². The molecule has 0 atom stereocenters. The Morgan fingerprint density at radius 3 is 2.29 bits per heavy atom. The fraction of sp³-hybridized carbons (Fsp3) is 0.278. The molecule has 2 rings (SSSR count). The Kier molecular flexibility index (Phi) is 4.63. The normalized spacial score (nSPS) is 10.3. The number of esters is 1. The Morgan fingerprint density at radius 1 is 1.00 bits per heavy atom. The SMILES string of the molecule is CC(=O)Oc1c(C)cc(C)c(C)c1OCc1ccccc1. The van der Waals surface area contributed by atoms with Crippen LogP contribution in [0.25, 0.3) is 0 Å². The zero-order chi connectivity index (χ0) is 15.4. The van der Waals surface area contributed by atoms with Gasteiger partial charge in [-0.15, -0.1) is 0 Å². The van der Waals surface area contributed by atoms with Gasteiger partial charge in [0.2, 0.25) is 0 Å². The van der Waals surface area contributed by atoms with Crippen molar-refractivity contribution in [1.29, 1.82) is 0 Å². The van der Waals surface area contributed by atoms with Crippen LogP contribution in [0.1, 0.15) is 29.2 Å². The molecule has 2 aromatic carbocycles. The van der Waals surface area contributed by atoms with Gasteiger partial charge in [0.15, 0.2) is 11.5 Å². The van der Waals surface area contributed by atoms with Crippen LogP contribution in [0.2, 0.25) is 0 Å². The third kappa shape index (κ3) is 3.63. The van der Waals surface area contributed by atoms with E-state index in [1.54, 1.807) is 0 Å². The van der Waals surface area contributed by atoms with E-state index in [4.69, 9.17) is 9.47 Å². The highest BCUT2D eigenvalue weighted by Gasteiger charge is 2.16. The Bertz CT molecular complexity index is 645. The molecular formula is C18H20O3. The molecule has 0 amide bonds. The van der Waals surface area contributed by atoms with Crippen LogP contribution in [0.5, 0.6) is 11.5 Å². The predicted molar refractivity (Wildman–Crippen MR) is 82.7 cm³/mol. The lowest BCUT2D eigenvalue weighted by Crippen LogP contribution is -2.07. The molecule has 0 spiro atoms. The molecule has 0 N–H and O–H groups in total. The van der Waals surface area contributed by atoms with Gasteiger partial charge < -0.3 is 9.47 Å². The minimum absolute atomic E-state index is 0.342. The van der Waals surface area contributed by atoms with Gasteiger partial charge >= 0.3 is 5.97 Å². The van der Waals surface area contributed by atoms with E-state index in [-0.39, 0.29) is 5.97 Å². The van der Waals surface area contributed by atoms with Gasteiger partial charge in [-0.05, 0) is 43.0 Å². The molecule has 21 heavy (non-hydrogen) atoms.